The van der Waals surface area contributed by atoms with Gasteiger partial charge in [-0.25, -0.2) is 9.59 Å². The van der Waals surface area contributed by atoms with E-state index in [-0.39, 0.29) is 26.2 Å². The Hall–Kier alpha value is -1.30. The van der Waals surface area contributed by atoms with E-state index in [4.69, 9.17) is 11.5 Å². The van der Waals surface area contributed by atoms with Gasteiger partial charge in [0.05, 0.1) is 0 Å². The molecular weight excluding hydrogens is 248 g/mol. The second kappa shape index (κ2) is 9.70. The Balaban J connectivity index is 4.02. The summed E-state index contributed by atoms with van der Waals surface area (Å²) in [5.41, 5.74) is 14.5. The number of aliphatic hydroxyl groups is 2. The Morgan fingerprint density at radius 3 is 1.56 bits per heavy atom. The van der Waals surface area contributed by atoms with E-state index in [9.17, 15) is 19.8 Å². The number of rotatable bonds is 9. The van der Waals surface area contributed by atoms with Gasteiger partial charge in [0.2, 0.25) is 0 Å². The summed E-state index contributed by atoms with van der Waals surface area (Å²) >= 11 is 0. The second-order valence-corrected chi connectivity index (χ2v) is 3.10. The predicted molar refractivity (Wildman–Crippen MR) is 58.3 cm³/mol. The maximum Gasteiger partial charge on any atom is 0.357 e. The van der Waals surface area contributed by atoms with Crippen LogP contribution < -0.4 is 22.4 Å². The minimum atomic E-state index is -2.07. The van der Waals surface area contributed by atoms with Gasteiger partial charge in [0.1, 0.15) is 0 Å². The number of nitrogens with one attached hydrogen (secondary N) is 2. The number of carbonyl (C=O) groups excluding carboxylic acids is 2. The molecule has 10 heteroatoms. The fourth-order valence-corrected chi connectivity index (χ4v) is 0.741. The van der Waals surface area contributed by atoms with Gasteiger partial charge in [0.25, 0.3) is 0 Å². The molecule has 0 aliphatic heterocycles. The van der Waals surface area contributed by atoms with Crippen LogP contribution >= 0.6 is 0 Å². The Kier molecular flexibility index (Phi) is 9.00. The standard InChI is InChI=1S/C8H18N4O6/c9-1-3-11-17-7(15)5(13)6(14)8(16)18-12-4-2-10/h5-6,11-14H,1-4,9-10H2. The average molecular weight is 266 g/mol. The molecule has 8 N–H and O–H groups in total. The van der Waals surface area contributed by atoms with Crippen molar-refractivity contribution in [2.45, 2.75) is 12.2 Å². The molecule has 0 radical (unpaired) electrons. The first kappa shape index (κ1) is 16.7. The van der Waals surface area contributed by atoms with Crippen LogP contribution in [0.25, 0.3) is 0 Å². The second-order valence-electron chi connectivity index (χ2n) is 3.10. The van der Waals surface area contributed by atoms with Gasteiger partial charge in [-0.05, 0) is 0 Å². The van der Waals surface area contributed by atoms with Crippen molar-refractivity contribution in [1.29, 1.82) is 0 Å². The highest BCUT2D eigenvalue weighted by atomic mass is 16.7. The van der Waals surface area contributed by atoms with E-state index in [1.165, 1.54) is 0 Å². The summed E-state index contributed by atoms with van der Waals surface area (Å²) in [5.74, 6) is -2.46. The highest BCUT2D eigenvalue weighted by Gasteiger charge is 2.33. The van der Waals surface area contributed by atoms with Crippen molar-refractivity contribution in [2.24, 2.45) is 11.5 Å². The predicted octanol–water partition coefficient (Wildman–Crippen LogP) is -4.28. The Bertz CT molecular complexity index is 238. The summed E-state index contributed by atoms with van der Waals surface area (Å²) in [5, 5.41) is 18.5. The van der Waals surface area contributed by atoms with E-state index >= 15 is 0 Å². The summed E-state index contributed by atoms with van der Waals surface area (Å²) < 4.78 is 0. The quantitative estimate of drug-likeness (QED) is 0.177. The van der Waals surface area contributed by atoms with Gasteiger partial charge in [0, 0.05) is 26.2 Å². The average Bonchev–Trinajstić information content (AvgIpc) is 2.37. The molecule has 0 amide bonds. The summed E-state index contributed by atoms with van der Waals surface area (Å²) in [6, 6.07) is 0. The SMILES string of the molecule is NCCNOC(=O)C(O)C(O)C(=O)ONCCN. The number of hydrogen-bond acceptors (Lipinski definition) is 10. The molecule has 2 unspecified atom stereocenters. The van der Waals surface area contributed by atoms with Gasteiger partial charge >= 0.3 is 11.9 Å². The van der Waals surface area contributed by atoms with Gasteiger partial charge in [-0.2, -0.15) is 11.0 Å². The van der Waals surface area contributed by atoms with E-state index in [0.717, 1.165) is 0 Å². The van der Waals surface area contributed by atoms with Crippen molar-refractivity contribution >= 4 is 11.9 Å². The van der Waals surface area contributed by atoms with Crippen molar-refractivity contribution in [3.8, 4) is 0 Å². The minimum Gasteiger partial charge on any atom is -0.379 e. The molecule has 0 aromatic heterocycles. The van der Waals surface area contributed by atoms with Crippen LogP contribution in [0.2, 0.25) is 0 Å². The first-order valence-electron chi connectivity index (χ1n) is 5.18. The van der Waals surface area contributed by atoms with Gasteiger partial charge < -0.3 is 31.4 Å². The molecule has 0 rings (SSSR count). The highest BCUT2D eigenvalue weighted by molar-refractivity contribution is 5.84. The van der Waals surface area contributed by atoms with E-state index in [1.807, 2.05) is 0 Å². The molecule has 10 nitrogen and oxygen atoms in total. The molecule has 0 aliphatic rings. The van der Waals surface area contributed by atoms with Crippen LogP contribution in [0.15, 0.2) is 0 Å². The van der Waals surface area contributed by atoms with Gasteiger partial charge in [0.15, 0.2) is 12.2 Å². The summed E-state index contributed by atoms with van der Waals surface area (Å²) in [4.78, 5) is 30.8. The number of carbonyl (C=O) groups is 2. The Morgan fingerprint density at radius 1 is 0.944 bits per heavy atom. The molecule has 0 fully saturated rings. The third-order valence-electron chi connectivity index (χ3n) is 1.62. The van der Waals surface area contributed by atoms with Crippen LogP contribution in [-0.4, -0.2) is 60.5 Å². The largest absolute Gasteiger partial charge is 0.379 e. The molecule has 0 aromatic rings. The maximum absolute atomic E-state index is 11.1. The molecule has 0 bridgehead atoms. The normalized spacial score (nSPS) is 13.8. The molecule has 0 heterocycles. The fraction of sp³-hybridized carbons (Fsp3) is 0.750. The van der Waals surface area contributed by atoms with E-state index in [0.29, 0.717) is 0 Å². The molecule has 0 spiro atoms. The third-order valence-corrected chi connectivity index (χ3v) is 1.62. The lowest BCUT2D eigenvalue weighted by Gasteiger charge is -2.15. The lowest BCUT2D eigenvalue weighted by atomic mass is 10.2. The highest BCUT2D eigenvalue weighted by Crippen LogP contribution is 1.98. The van der Waals surface area contributed by atoms with Gasteiger partial charge in [-0.1, -0.05) is 0 Å². The fourth-order valence-electron chi connectivity index (χ4n) is 0.741. The maximum atomic E-state index is 11.1. The van der Waals surface area contributed by atoms with Crippen molar-refractivity contribution in [3.63, 3.8) is 0 Å². The molecule has 0 saturated heterocycles. The third kappa shape index (κ3) is 6.44. The number of hydrogen-bond donors (Lipinski definition) is 6. The number of hydroxylamine groups is 2. The zero-order chi connectivity index (χ0) is 14.0. The smallest absolute Gasteiger partial charge is 0.357 e. The Morgan fingerprint density at radius 2 is 1.28 bits per heavy atom. The van der Waals surface area contributed by atoms with Crippen LogP contribution in [0.1, 0.15) is 0 Å². The van der Waals surface area contributed by atoms with Crippen molar-refractivity contribution in [1.82, 2.24) is 11.0 Å². The van der Waals surface area contributed by atoms with Gasteiger partial charge in [-0.3, -0.25) is 0 Å². The zero-order valence-electron chi connectivity index (χ0n) is 9.67. The van der Waals surface area contributed by atoms with Gasteiger partial charge in [-0.15, -0.1) is 0 Å². The number of aliphatic hydroxyl groups excluding tert-OH is 2. The van der Waals surface area contributed by atoms with Crippen LogP contribution in [0.4, 0.5) is 0 Å². The lowest BCUT2D eigenvalue weighted by molar-refractivity contribution is -0.181. The molecule has 18 heavy (non-hydrogen) atoms. The topological polar surface area (TPSA) is 169 Å². The first-order valence-corrected chi connectivity index (χ1v) is 5.18. The van der Waals surface area contributed by atoms with Crippen LogP contribution in [0.3, 0.4) is 0 Å². The molecule has 0 aliphatic carbocycles. The summed E-state index contributed by atoms with van der Waals surface area (Å²) in [6.45, 7) is 0.738. The van der Waals surface area contributed by atoms with E-state index in [1.54, 1.807) is 0 Å². The van der Waals surface area contributed by atoms with Crippen LogP contribution in [0.5, 0.6) is 0 Å². The summed E-state index contributed by atoms with van der Waals surface area (Å²) in [6.07, 6.45) is -4.13. The van der Waals surface area contributed by atoms with E-state index < -0.39 is 24.1 Å². The minimum absolute atomic E-state index is 0.164. The first-order chi connectivity index (χ1) is 8.54. The Labute approximate surface area is 103 Å². The molecule has 0 aromatic carbocycles. The van der Waals surface area contributed by atoms with Crippen molar-refractivity contribution in [3.05, 3.63) is 0 Å². The van der Waals surface area contributed by atoms with Crippen LogP contribution in [-0.2, 0) is 19.3 Å². The van der Waals surface area contributed by atoms with Crippen molar-refractivity contribution in [2.75, 3.05) is 26.2 Å². The summed E-state index contributed by atoms with van der Waals surface area (Å²) in [7, 11) is 0. The lowest BCUT2D eigenvalue weighted by Crippen LogP contribution is -2.45. The molecule has 2 atom stereocenters. The molecule has 0 saturated carbocycles. The van der Waals surface area contributed by atoms with Crippen LogP contribution in [0, 0.1) is 0 Å². The number of nitrogens with two attached hydrogens (primary N) is 2. The molecular formula is C8H18N4O6. The zero-order valence-corrected chi connectivity index (χ0v) is 9.67. The molecule has 106 valence electrons. The van der Waals surface area contributed by atoms with E-state index in [2.05, 4.69) is 20.6 Å². The van der Waals surface area contributed by atoms with Crippen molar-refractivity contribution < 1.29 is 29.5 Å². The monoisotopic (exact) mass is 266 g/mol.